The normalized spacial score (nSPS) is 11.8. The first-order chi connectivity index (χ1) is 12.4. The van der Waals surface area contributed by atoms with Crippen LogP contribution in [-0.4, -0.2) is 24.5 Å². The molecule has 0 aromatic heterocycles. The summed E-state index contributed by atoms with van der Waals surface area (Å²) in [4.78, 5) is 11.6. The van der Waals surface area contributed by atoms with Crippen LogP contribution in [0.3, 0.4) is 0 Å². The topological polar surface area (TPSA) is 67.8 Å². The molecule has 0 aliphatic rings. The lowest BCUT2D eigenvalue weighted by Gasteiger charge is -2.21. The van der Waals surface area contributed by atoms with Crippen molar-refractivity contribution in [3.63, 3.8) is 0 Å². The fourth-order valence-electron chi connectivity index (χ4n) is 2.33. The zero-order chi connectivity index (χ0) is 20.4. The molecule has 0 bridgehead atoms. The Balaban J connectivity index is 2.47. The minimum atomic E-state index is -4.96. The van der Waals surface area contributed by atoms with Gasteiger partial charge in [0.2, 0.25) is 0 Å². The number of esters is 1. The molecule has 0 fully saturated rings. The number of ether oxygens (including phenoxy) is 2. The van der Waals surface area contributed by atoms with Crippen LogP contribution in [0.2, 0.25) is 0 Å². The van der Waals surface area contributed by atoms with E-state index in [9.17, 15) is 23.1 Å². The smallest absolute Gasteiger partial charge is 0.506 e. The first-order valence-electron chi connectivity index (χ1n) is 7.99. The van der Waals surface area contributed by atoms with Gasteiger partial charge in [-0.05, 0) is 41.3 Å². The molecule has 0 radical (unpaired) electrons. The average molecular weight is 383 g/mol. The fraction of sp³-hybridized carbons (Fsp3) is 0.316. The fourth-order valence-corrected chi connectivity index (χ4v) is 2.33. The number of phenols is 1. The molecule has 2 N–H and O–H groups in total. The van der Waals surface area contributed by atoms with Crippen molar-refractivity contribution in [3.05, 3.63) is 47.5 Å². The number of benzene rings is 2. The first kappa shape index (κ1) is 20.4. The molecule has 0 aliphatic carbocycles. The van der Waals surface area contributed by atoms with Crippen LogP contribution < -0.4 is 10.1 Å². The molecule has 2 rings (SSSR count). The summed E-state index contributed by atoms with van der Waals surface area (Å²) in [5.74, 6) is -1.56. The van der Waals surface area contributed by atoms with E-state index in [1.165, 1.54) is 18.2 Å². The van der Waals surface area contributed by atoms with E-state index in [0.29, 0.717) is 0 Å². The van der Waals surface area contributed by atoms with Crippen LogP contribution in [0, 0.1) is 0 Å². The molecule has 0 spiro atoms. The van der Waals surface area contributed by atoms with Crippen LogP contribution in [0.15, 0.2) is 36.4 Å². The minimum Gasteiger partial charge on any atom is -0.506 e. The van der Waals surface area contributed by atoms with E-state index in [0.717, 1.165) is 18.7 Å². The summed E-state index contributed by atoms with van der Waals surface area (Å²) in [5.41, 5.74) is 0.674. The Morgan fingerprint density at radius 3 is 2.26 bits per heavy atom. The number of anilines is 2. The van der Waals surface area contributed by atoms with Crippen LogP contribution in [-0.2, 0) is 10.2 Å². The van der Waals surface area contributed by atoms with Crippen molar-refractivity contribution in [2.75, 3.05) is 12.4 Å². The molecule has 0 heterocycles. The Hall–Kier alpha value is -2.90. The van der Waals surface area contributed by atoms with E-state index in [1.54, 1.807) is 12.1 Å². The highest BCUT2D eigenvalue weighted by molar-refractivity contribution is 5.91. The van der Waals surface area contributed by atoms with Crippen molar-refractivity contribution in [1.29, 1.82) is 0 Å². The van der Waals surface area contributed by atoms with Gasteiger partial charge in [0.25, 0.3) is 0 Å². The molecule has 0 aliphatic heterocycles. The number of nitrogens with one attached hydrogen (secondary N) is 1. The SMILES string of the molecule is COC(=O)c1ccc(Nc2cc(C(C)(C)C)ccc2O)c(OC(F)(F)F)c1. The highest BCUT2D eigenvalue weighted by Crippen LogP contribution is 2.37. The number of hydrogen-bond donors (Lipinski definition) is 2. The van der Waals surface area contributed by atoms with Gasteiger partial charge in [-0.2, -0.15) is 0 Å². The molecule has 146 valence electrons. The van der Waals surface area contributed by atoms with Gasteiger partial charge in [0, 0.05) is 0 Å². The van der Waals surface area contributed by atoms with Gasteiger partial charge < -0.3 is 19.9 Å². The summed E-state index contributed by atoms with van der Waals surface area (Å²) in [6, 6.07) is 8.29. The molecule has 0 saturated heterocycles. The number of phenolic OH excluding ortho intramolecular Hbond substituents is 1. The Labute approximate surface area is 154 Å². The van der Waals surface area contributed by atoms with E-state index in [1.807, 2.05) is 20.8 Å². The molecule has 2 aromatic carbocycles. The van der Waals surface area contributed by atoms with Gasteiger partial charge in [0.15, 0.2) is 5.75 Å². The number of methoxy groups -OCH3 is 1. The van der Waals surface area contributed by atoms with Crippen LogP contribution in [0.1, 0.15) is 36.7 Å². The van der Waals surface area contributed by atoms with Gasteiger partial charge in [-0.25, -0.2) is 4.79 Å². The molecule has 5 nitrogen and oxygen atoms in total. The maximum atomic E-state index is 12.8. The highest BCUT2D eigenvalue weighted by Gasteiger charge is 2.32. The lowest BCUT2D eigenvalue weighted by Crippen LogP contribution is -2.18. The van der Waals surface area contributed by atoms with Crippen LogP contribution in [0.5, 0.6) is 11.5 Å². The molecule has 0 amide bonds. The van der Waals surface area contributed by atoms with Crippen LogP contribution in [0.25, 0.3) is 0 Å². The number of halogens is 3. The molecular formula is C19H20F3NO4. The monoisotopic (exact) mass is 383 g/mol. The van der Waals surface area contributed by atoms with E-state index in [2.05, 4.69) is 14.8 Å². The van der Waals surface area contributed by atoms with Crippen molar-refractivity contribution >= 4 is 17.3 Å². The number of alkyl halides is 3. The van der Waals surface area contributed by atoms with E-state index in [4.69, 9.17) is 0 Å². The summed E-state index contributed by atoms with van der Waals surface area (Å²) in [6.45, 7) is 5.89. The predicted molar refractivity (Wildman–Crippen MR) is 94.6 cm³/mol. The summed E-state index contributed by atoms with van der Waals surface area (Å²) in [5, 5.41) is 12.8. The zero-order valence-electron chi connectivity index (χ0n) is 15.3. The van der Waals surface area contributed by atoms with Gasteiger partial charge in [-0.15, -0.1) is 13.2 Å². The molecule has 27 heavy (non-hydrogen) atoms. The lowest BCUT2D eigenvalue weighted by molar-refractivity contribution is -0.274. The summed E-state index contributed by atoms with van der Waals surface area (Å²) in [6.07, 6.45) is -4.96. The third-order valence-corrected chi connectivity index (χ3v) is 3.76. The van der Waals surface area contributed by atoms with Crippen LogP contribution in [0.4, 0.5) is 24.5 Å². The average Bonchev–Trinajstić information content (AvgIpc) is 2.55. The Morgan fingerprint density at radius 1 is 1.04 bits per heavy atom. The number of carbonyl (C=O) groups is 1. The van der Waals surface area contributed by atoms with Crippen molar-refractivity contribution < 1.29 is 32.5 Å². The van der Waals surface area contributed by atoms with Crippen molar-refractivity contribution in [2.24, 2.45) is 0 Å². The van der Waals surface area contributed by atoms with E-state index >= 15 is 0 Å². The molecule has 0 saturated carbocycles. The summed E-state index contributed by atoms with van der Waals surface area (Å²) < 4.78 is 46.8. The Morgan fingerprint density at radius 2 is 1.70 bits per heavy atom. The van der Waals surface area contributed by atoms with Gasteiger partial charge in [-0.1, -0.05) is 26.8 Å². The second-order valence-corrected chi connectivity index (χ2v) is 6.86. The molecule has 0 atom stereocenters. The molecule has 2 aromatic rings. The standard InChI is InChI=1S/C19H20F3NO4/c1-18(2,3)12-6-8-15(24)14(10-12)23-13-7-5-11(17(25)26-4)9-16(13)27-19(20,21)22/h5-10,23-24H,1-4H3. The molecular weight excluding hydrogens is 363 g/mol. The highest BCUT2D eigenvalue weighted by atomic mass is 19.4. The Bertz CT molecular complexity index is 842. The number of carbonyl (C=O) groups excluding carboxylic acids is 1. The van der Waals surface area contributed by atoms with E-state index in [-0.39, 0.29) is 28.1 Å². The molecule has 8 heteroatoms. The second kappa shape index (κ2) is 7.38. The number of aromatic hydroxyl groups is 1. The second-order valence-electron chi connectivity index (χ2n) is 6.86. The third kappa shape index (κ3) is 5.29. The van der Waals surface area contributed by atoms with Crippen molar-refractivity contribution in [3.8, 4) is 11.5 Å². The minimum absolute atomic E-state index is 0.0682. The Kier molecular flexibility index (Phi) is 5.58. The zero-order valence-corrected chi connectivity index (χ0v) is 15.3. The predicted octanol–water partition coefficient (Wildman–Crippen LogP) is 5.12. The molecule has 0 unspecified atom stereocenters. The largest absolute Gasteiger partial charge is 0.573 e. The maximum Gasteiger partial charge on any atom is 0.573 e. The maximum absolute atomic E-state index is 12.8. The van der Waals surface area contributed by atoms with Crippen LogP contribution >= 0.6 is 0 Å². The summed E-state index contributed by atoms with van der Waals surface area (Å²) >= 11 is 0. The van der Waals surface area contributed by atoms with Crippen molar-refractivity contribution in [2.45, 2.75) is 32.5 Å². The van der Waals surface area contributed by atoms with Crippen molar-refractivity contribution in [1.82, 2.24) is 0 Å². The quantitative estimate of drug-likeness (QED) is 0.567. The summed E-state index contributed by atoms with van der Waals surface area (Å²) in [7, 11) is 1.12. The lowest BCUT2D eigenvalue weighted by atomic mass is 9.87. The first-order valence-corrected chi connectivity index (χ1v) is 7.99. The number of hydrogen-bond acceptors (Lipinski definition) is 5. The van der Waals surface area contributed by atoms with Gasteiger partial charge in [0.05, 0.1) is 24.0 Å². The number of rotatable bonds is 4. The van der Waals surface area contributed by atoms with Gasteiger partial charge >= 0.3 is 12.3 Å². The third-order valence-electron chi connectivity index (χ3n) is 3.76. The van der Waals surface area contributed by atoms with Gasteiger partial charge in [0.1, 0.15) is 5.75 Å². The van der Waals surface area contributed by atoms with Gasteiger partial charge in [-0.3, -0.25) is 0 Å². The van der Waals surface area contributed by atoms with E-state index < -0.39 is 18.1 Å².